The first-order valence-electron chi connectivity index (χ1n) is 8.33. The van der Waals surface area contributed by atoms with E-state index >= 15 is 0 Å². The van der Waals surface area contributed by atoms with Gasteiger partial charge < -0.3 is 15.4 Å². The summed E-state index contributed by atoms with van der Waals surface area (Å²) in [7, 11) is 0. The number of anilines is 1. The number of hydrogen-bond donors (Lipinski definition) is 2. The summed E-state index contributed by atoms with van der Waals surface area (Å²) in [5.74, 6) is -2.01. The summed E-state index contributed by atoms with van der Waals surface area (Å²) in [4.78, 5) is 52.4. The number of rotatable bonds is 4. The molecule has 0 saturated carbocycles. The van der Waals surface area contributed by atoms with Crippen molar-refractivity contribution >= 4 is 29.7 Å². The van der Waals surface area contributed by atoms with E-state index in [1.807, 2.05) is 0 Å². The maximum absolute atomic E-state index is 12.2. The Labute approximate surface area is 144 Å². The summed E-state index contributed by atoms with van der Waals surface area (Å²) in [6.07, 6.45) is 4.60. The van der Waals surface area contributed by atoms with Crippen molar-refractivity contribution in [3.63, 3.8) is 0 Å². The van der Waals surface area contributed by atoms with E-state index in [1.54, 1.807) is 12.3 Å². The number of nitrogens with two attached hydrogens (primary N) is 1. The number of amides is 3. The smallest absolute Gasteiger partial charge is 0.267 e. The summed E-state index contributed by atoms with van der Waals surface area (Å²) in [6, 6.07) is 1.76. The van der Waals surface area contributed by atoms with Crippen LogP contribution in [-0.4, -0.2) is 42.1 Å². The van der Waals surface area contributed by atoms with Crippen LogP contribution < -0.4 is 16.0 Å². The van der Waals surface area contributed by atoms with Crippen LogP contribution >= 0.6 is 0 Å². The Kier molecular flexibility index (Phi) is 4.78. The third-order valence-electron chi connectivity index (χ3n) is 4.85. The van der Waals surface area contributed by atoms with Gasteiger partial charge in [-0.1, -0.05) is 0 Å². The minimum Gasteiger partial charge on any atom is -0.370 e. The predicted molar refractivity (Wildman–Crippen MR) is 88.9 cm³/mol. The van der Waals surface area contributed by atoms with E-state index in [1.165, 1.54) is 0 Å². The molecule has 2 aliphatic heterocycles. The standard InChI is InChI=1S/C17H20N4O4/c18-16(24)15-13(12-1-2-14(23)20-17(12)25)7-11(8-19-15)21-5-3-10(9-22)4-6-21/h7-10,12H,1-6H2,(H2,18,24)(H,20,23,25). The van der Waals surface area contributed by atoms with E-state index < -0.39 is 17.7 Å². The molecule has 25 heavy (non-hydrogen) atoms. The van der Waals surface area contributed by atoms with E-state index in [0.29, 0.717) is 25.1 Å². The maximum Gasteiger partial charge on any atom is 0.267 e. The molecule has 0 aromatic carbocycles. The third-order valence-corrected chi connectivity index (χ3v) is 4.85. The molecule has 2 aliphatic rings. The molecule has 1 aromatic heterocycles. The van der Waals surface area contributed by atoms with E-state index in [4.69, 9.17) is 5.73 Å². The lowest BCUT2D eigenvalue weighted by Gasteiger charge is -2.32. The van der Waals surface area contributed by atoms with Crippen molar-refractivity contribution in [1.29, 1.82) is 0 Å². The van der Waals surface area contributed by atoms with Gasteiger partial charge in [0.2, 0.25) is 11.8 Å². The Morgan fingerprint density at radius 1 is 1.28 bits per heavy atom. The van der Waals surface area contributed by atoms with Crippen molar-refractivity contribution in [3.05, 3.63) is 23.5 Å². The van der Waals surface area contributed by atoms with E-state index in [2.05, 4.69) is 15.2 Å². The molecule has 0 bridgehead atoms. The van der Waals surface area contributed by atoms with Crippen LogP contribution in [0, 0.1) is 5.92 Å². The zero-order chi connectivity index (χ0) is 18.0. The number of hydrogen-bond acceptors (Lipinski definition) is 6. The van der Waals surface area contributed by atoms with Gasteiger partial charge in [-0.05, 0) is 30.9 Å². The molecule has 1 aromatic rings. The van der Waals surface area contributed by atoms with Crippen LogP contribution in [-0.2, 0) is 14.4 Å². The SMILES string of the molecule is NC(=O)c1ncc(N2CCC(C=O)CC2)cc1C1CCC(=O)NC1=O. The van der Waals surface area contributed by atoms with Gasteiger partial charge in [-0.25, -0.2) is 4.98 Å². The predicted octanol–water partition coefficient (Wildman–Crippen LogP) is 0.116. The summed E-state index contributed by atoms with van der Waals surface area (Å²) < 4.78 is 0. The minimum atomic E-state index is -0.703. The molecule has 1 unspecified atom stereocenters. The fourth-order valence-electron chi connectivity index (χ4n) is 3.40. The molecule has 3 amide bonds. The Balaban J connectivity index is 1.90. The molecule has 0 radical (unpaired) electrons. The van der Waals surface area contributed by atoms with Gasteiger partial charge in [0.05, 0.1) is 17.8 Å². The van der Waals surface area contributed by atoms with Gasteiger partial charge in [0, 0.05) is 25.4 Å². The lowest BCUT2D eigenvalue weighted by molar-refractivity contribution is -0.134. The Morgan fingerprint density at radius 3 is 2.60 bits per heavy atom. The summed E-state index contributed by atoms with van der Waals surface area (Å²) >= 11 is 0. The van der Waals surface area contributed by atoms with Gasteiger partial charge >= 0.3 is 0 Å². The Morgan fingerprint density at radius 2 is 2.00 bits per heavy atom. The number of piperidine rings is 2. The van der Waals surface area contributed by atoms with Crippen molar-refractivity contribution in [2.75, 3.05) is 18.0 Å². The molecule has 2 saturated heterocycles. The fourth-order valence-corrected chi connectivity index (χ4v) is 3.40. The molecule has 3 N–H and O–H groups in total. The zero-order valence-corrected chi connectivity index (χ0v) is 13.7. The number of nitrogens with one attached hydrogen (secondary N) is 1. The number of primary amides is 1. The van der Waals surface area contributed by atoms with E-state index in [-0.39, 0.29) is 23.9 Å². The van der Waals surface area contributed by atoms with Crippen LogP contribution in [0.1, 0.15) is 47.7 Å². The number of aromatic nitrogens is 1. The highest BCUT2D eigenvalue weighted by Gasteiger charge is 2.32. The second-order valence-electron chi connectivity index (χ2n) is 6.46. The van der Waals surface area contributed by atoms with Crippen molar-refractivity contribution < 1.29 is 19.2 Å². The maximum atomic E-state index is 12.2. The van der Waals surface area contributed by atoms with Crippen molar-refractivity contribution in [2.24, 2.45) is 11.7 Å². The minimum absolute atomic E-state index is 0.0565. The average molecular weight is 344 g/mol. The molecule has 0 spiro atoms. The van der Waals surface area contributed by atoms with Crippen LogP contribution in [0.5, 0.6) is 0 Å². The van der Waals surface area contributed by atoms with Gasteiger partial charge in [-0.15, -0.1) is 0 Å². The first kappa shape index (κ1) is 17.1. The fraction of sp³-hybridized carbons (Fsp3) is 0.471. The van der Waals surface area contributed by atoms with Crippen molar-refractivity contribution in [2.45, 2.75) is 31.6 Å². The van der Waals surface area contributed by atoms with Crippen molar-refractivity contribution in [3.8, 4) is 0 Å². The normalized spacial score (nSPS) is 21.8. The number of imide groups is 1. The lowest BCUT2D eigenvalue weighted by Crippen LogP contribution is -2.40. The summed E-state index contributed by atoms with van der Waals surface area (Å²) in [5.41, 5.74) is 6.70. The second kappa shape index (κ2) is 7.00. The number of carbonyl (C=O) groups is 4. The molecule has 8 nitrogen and oxygen atoms in total. The molecule has 0 aliphatic carbocycles. The van der Waals surface area contributed by atoms with Crippen LogP contribution in [0.15, 0.2) is 12.3 Å². The molecule has 3 heterocycles. The molecule has 3 rings (SSSR count). The molecular weight excluding hydrogens is 324 g/mol. The third kappa shape index (κ3) is 3.52. The number of nitrogens with zero attached hydrogens (tertiary/aromatic N) is 2. The van der Waals surface area contributed by atoms with E-state index in [0.717, 1.165) is 24.8 Å². The first-order valence-corrected chi connectivity index (χ1v) is 8.33. The first-order chi connectivity index (χ1) is 12.0. The number of aldehydes is 1. The Hall–Kier alpha value is -2.77. The van der Waals surface area contributed by atoms with Gasteiger partial charge in [-0.3, -0.25) is 19.7 Å². The highest BCUT2D eigenvalue weighted by atomic mass is 16.2. The summed E-state index contributed by atoms with van der Waals surface area (Å²) in [6.45, 7) is 1.41. The van der Waals surface area contributed by atoms with Gasteiger partial charge in [-0.2, -0.15) is 0 Å². The molecular formula is C17H20N4O4. The quantitative estimate of drug-likeness (QED) is 0.591. The zero-order valence-electron chi connectivity index (χ0n) is 13.7. The molecule has 132 valence electrons. The van der Waals surface area contributed by atoms with E-state index in [9.17, 15) is 19.2 Å². The molecule has 8 heteroatoms. The number of pyridine rings is 1. The summed E-state index contributed by atoms with van der Waals surface area (Å²) in [5, 5.41) is 2.30. The van der Waals surface area contributed by atoms with Crippen LogP contribution in [0.3, 0.4) is 0 Å². The van der Waals surface area contributed by atoms with Gasteiger partial charge in [0.25, 0.3) is 5.91 Å². The topological polar surface area (TPSA) is 122 Å². The Bertz CT molecular complexity index is 725. The highest BCUT2D eigenvalue weighted by molar-refractivity contribution is 6.03. The van der Waals surface area contributed by atoms with Gasteiger partial charge in [0.15, 0.2) is 0 Å². The van der Waals surface area contributed by atoms with Crippen LogP contribution in [0.4, 0.5) is 5.69 Å². The lowest BCUT2D eigenvalue weighted by atomic mass is 9.88. The average Bonchev–Trinajstić information content (AvgIpc) is 2.61. The van der Waals surface area contributed by atoms with Crippen LogP contribution in [0.25, 0.3) is 0 Å². The largest absolute Gasteiger partial charge is 0.370 e. The molecule has 2 fully saturated rings. The highest BCUT2D eigenvalue weighted by Crippen LogP contribution is 2.31. The second-order valence-corrected chi connectivity index (χ2v) is 6.46. The monoisotopic (exact) mass is 344 g/mol. The number of carbonyl (C=O) groups excluding carboxylic acids is 4. The van der Waals surface area contributed by atoms with Crippen LogP contribution in [0.2, 0.25) is 0 Å². The molecule has 1 atom stereocenters. The van der Waals surface area contributed by atoms with Gasteiger partial charge in [0.1, 0.15) is 12.0 Å². The van der Waals surface area contributed by atoms with Crippen molar-refractivity contribution in [1.82, 2.24) is 10.3 Å².